The summed E-state index contributed by atoms with van der Waals surface area (Å²) in [6.45, 7) is 4.47. The van der Waals surface area contributed by atoms with Gasteiger partial charge in [0.05, 0.1) is 12.5 Å². The van der Waals surface area contributed by atoms with Crippen LogP contribution >= 0.6 is 0 Å². The molecule has 0 saturated carbocycles. The largest absolute Gasteiger partial charge is 0.466 e. The van der Waals surface area contributed by atoms with Gasteiger partial charge < -0.3 is 4.74 Å². The first-order valence-electron chi connectivity index (χ1n) is 4.57. The van der Waals surface area contributed by atoms with Crippen molar-refractivity contribution < 1.29 is 9.53 Å². The van der Waals surface area contributed by atoms with Gasteiger partial charge >= 0.3 is 5.97 Å². The summed E-state index contributed by atoms with van der Waals surface area (Å²) in [5, 5.41) is 0. The Morgan fingerprint density at radius 3 is 3.00 bits per heavy atom. The van der Waals surface area contributed by atoms with E-state index >= 15 is 0 Å². The zero-order valence-electron chi connectivity index (χ0n) is 7.75. The molecule has 0 spiro atoms. The van der Waals surface area contributed by atoms with Gasteiger partial charge in [-0.15, -0.1) is 0 Å². The Morgan fingerprint density at radius 2 is 2.42 bits per heavy atom. The van der Waals surface area contributed by atoms with Gasteiger partial charge in [0.15, 0.2) is 0 Å². The highest BCUT2D eigenvalue weighted by molar-refractivity contribution is 5.72. The van der Waals surface area contributed by atoms with Crippen molar-refractivity contribution in [2.75, 3.05) is 6.61 Å². The Bertz CT molecular complexity index is 184. The SMILES string of the molecule is CCOC(=O)[C@H]1CC=C[C@@H](C)C1. The van der Waals surface area contributed by atoms with E-state index in [-0.39, 0.29) is 11.9 Å². The average Bonchev–Trinajstić information content (AvgIpc) is 2.05. The van der Waals surface area contributed by atoms with Crippen molar-refractivity contribution in [3.8, 4) is 0 Å². The molecule has 1 aliphatic carbocycles. The van der Waals surface area contributed by atoms with Gasteiger partial charge in [0, 0.05) is 0 Å². The van der Waals surface area contributed by atoms with Crippen molar-refractivity contribution >= 4 is 5.97 Å². The lowest BCUT2D eigenvalue weighted by Gasteiger charge is -2.20. The maximum absolute atomic E-state index is 11.3. The number of hydrogen-bond donors (Lipinski definition) is 0. The van der Waals surface area contributed by atoms with E-state index in [9.17, 15) is 4.79 Å². The molecule has 0 fully saturated rings. The second-order valence-corrected chi connectivity index (χ2v) is 3.33. The van der Waals surface area contributed by atoms with Gasteiger partial charge in [-0.3, -0.25) is 4.79 Å². The molecule has 0 aromatic rings. The minimum atomic E-state index is -0.0336. The van der Waals surface area contributed by atoms with Gasteiger partial charge in [-0.2, -0.15) is 0 Å². The lowest BCUT2D eigenvalue weighted by Crippen LogP contribution is -2.21. The second-order valence-electron chi connectivity index (χ2n) is 3.33. The predicted octanol–water partition coefficient (Wildman–Crippen LogP) is 2.15. The minimum absolute atomic E-state index is 0.0336. The van der Waals surface area contributed by atoms with Gasteiger partial charge in [-0.25, -0.2) is 0 Å². The third-order valence-electron chi connectivity index (χ3n) is 2.16. The van der Waals surface area contributed by atoms with Crippen molar-refractivity contribution in [2.24, 2.45) is 11.8 Å². The number of rotatable bonds is 2. The maximum Gasteiger partial charge on any atom is 0.309 e. The maximum atomic E-state index is 11.3. The molecule has 2 atom stereocenters. The molecule has 68 valence electrons. The summed E-state index contributed by atoms with van der Waals surface area (Å²) in [5.41, 5.74) is 0. The Balaban J connectivity index is 2.43. The monoisotopic (exact) mass is 168 g/mol. The van der Waals surface area contributed by atoms with Crippen LogP contribution in [0.1, 0.15) is 26.7 Å². The standard InChI is InChI=1S/C10H16O2/c1-3-12-10(11)9-6-4-5-8(2)7-9/h4-5,8-9H,3,6-7H2,1-2H3/t8-,9+/m1/s1. The Hall–Kier alpha value is -0.790. The van der Waals surface area contributed by atoms with Gasteiger partial charge in [0.1, 0.15) is 0 Å². The van der Waals surface area contributed by atoms with E-state index in [1.54, 1.807) is 0 Å². The number of hydrogen-bond acceptors (Lipinski definition) is 2. The van der Waals surface area contributed by atoms with Gasteiger partial charge in [0.25, 0.3) is 0 Å². The molecule has 0 bridgehead atoms. The van der Waals surface area contributed by atoms with Crippen LogP contribution in [-0.2, 0) is 9.53 Å². The Kier molecular flexibility index (Phi) is 3.32. The average molecular weight is 168 g/mol. The molecule has 0 N–H and O–H groups in total. The van der Waals surface area contributed by atoms with Crippen LogP contribution in [0.15, 0.2) is 12.2 Å². The van der Waals surface area contributed by atoms with Crippen molar-refractivity contribution in [1.82, 2.24) is 0 Å². The fraction of sp³-hybridized carbons (Fsp3) is 0.700. The van der Waals surface area contributed by atoms with Crippen LogP contribution in [0, 0.1) is 11.8 Å². The molecule has 12 heavy (non-hydrogen) atoms. The van der Waals surface area contributed by atoms with E-state index in [1.165, 1.54) is 0 Å². The third-order valence-corrected chi connectivity index (χ3v) is 2.16. The molecule has 0 aliphatic heterocycles. The molecule has 0 aromatic heterocycles. The molecule has 2 heteroatoms. The van der Waals surface area contributed by atoms with Crippen LogP contribution in [0.3, 0.4) is 0 Å². The molecular formula is C10H16O2. The molecule has 0 unspecified atom stereocenters. The van der Waals surface area contributed by atoms with Crippen LogP contribution < -0.4 is 0 Å². The Labute approximate surface area is 73.6 Å². The van der Waals surface area contributed by atoms with Crippen molar-refractivity contribution in [1.29, 1.82) is 0 Å². The normalized spacial score (nSPS) is 28.5. The minimum Gasteiger partial charge on any atom is -0.466 e. The molecule has 2 nitrogen and oxygen atoms in total. The first-order chi connectivity index (χ1) is 5.74. The topological polar surface area (TPSA) is 26.3 Å². The third kappa shape index (κ3) is 2.36. The first-order valence-corrected chi connectivity index (χ1v) is 4.57. The van der Waals surface area contributed by atoms with E-state index in [1.807, 2.05) is 6.92 Å². The number of esters is 1. The molecule has 0 radical (unpaired) electrons. The highest BCUT2D eigenvalue weighted by Gasteiger charge is 2.22. The van der Waals surface area contributed by atoms with Gasteiger partial charge in [-0.1, -0.05) is 19.1 Å². The molecule has 1 aliphatic rings. The van der Waals surface area contributed by atoms with E-state index in [2.05, 4.69) is 19.1 Å². The lowest BCUT2D eigenvalue weighted by molar-refractivity contribution is -0.148. The van der Waals surface area contributed by atoms with Crippen molar-refractivity contribution in [3.05, 3.63) is 12.2 Å². The summed E-state index contributed by atoms with van der Waals surface area (Å²) in [5.74, 6) is 0.590. The number of carbonyl (C=O) groups is 1. The van der Waals surface area contributed by atoms with Gasteiger partial charge in [-0.05, 0) is 25.7 Å². The fourth-order valence-electron chi connectivity index (χ4n) is 1.55. The number of carbonyl (C=O) groups excluding carboxylic acids is 1. The summed E-state index contributed by atoms with van der Waals surface area (Å²) < 4.78 is 4.96. The lowest BCUT2D eigenvalue weighted by atomic mass is 9.88. The highest BCUT2D eigenvalue weighted by atomic mass is 16.5. The summed E-state index contributed by atoms with van der Waals surface area (Å²) in [6, 6.07) is 0. The number of allylic oxidation sites excluding steroid dienone is 2. The zero-order chi connectivity index (χ0) is 8.97. The van der Waals surface area contributed by atoms with Crippen LogP contribution in [-0.4, -0.2) is 12.6 Å². The Morgan fingerprint density at radius 1 is 1.67 bits per heavy atom. The summed E-state index contributed by atoms with van der Waals surface area (Å²) >= 11 is 0. The van der Waals surface area contributed by atoms with Crippen molar-refractivity contribution in [3.63, 3.8) is 0 Å². The number of ether oxygens (including phenoxy) is 1. The van der Waals surface area contributed by atoms with E-state index in [0.717, 1.165) is 12.8 Å². The van der Waals surface area contributed by atoms with Crippen LogP contribution in [0.2, 0.25) is 0 Å². The van der Waals surface area contributed by atoms with Crippen LogP contribution in [0.4, 0.5) is 0 Å². The van der Waals surface area contributed by atoms with E-state index in [0.29, 0.717) is 12.5 Å². The molecule has 0 amide bonds. The summed E-state index contributed by atoms with van der Waals surface area (Å²) in [7, 11) is 0. The second kappa shape index (κ2) is 4.29. The molecule has 0 heterocycles. The van der Waals surface area contributed by atoms with Crippen molar-refractivity contribution in [2.45, 2.75) is 26.7 Å². The molecule has 0 saturated heterocycles. The summed E-state index contributed by atoms with van der Waals surface area (Å²) in [4.78, 5) is 11.3. The summed E-state index contributed by atoms with van der Waals surface area (Å²) in [6.07, 6.45) is 6.03. The predicted molar refractivity (Wildman–Crippen MR) is 47.7 cm³/mol. The molecular weight excluding hydrogens is 152 g/mol. The van der Waals surface area contributed by atoms with Crippen LogP contribution in [0.25, 0.3) is 0 Å². The van der Waals surface area contributed by atoms with E-state index in [4.69, 9.17) is 4.74 Å². The smallest absolute Gasteiger partial charge is 0.309 e. The zero-order valence-corrected chi connectivity index (χ0v) is 7.75. The van der Waals surface area contributed by atoms with E-state index < -0.39 is 0 Å². The van der Waals surface area contributed by atoms with Crippen LogP contribution in [0.5, 0.6) is 0 Å². The van der Waals surface area contributed by atoms with Gasteiger partial charge in [0.2, 0.25) is 0 Å². The molecule has 0 aromatic carbocycles. The fourth-order valence-corrected chi connectivity index (χ4v) is 1.55. The molecule has 1 rings (SSSR count). The quantitative estimate of drug-likeness (QED) is 0.466. The highest BCUT2D eigenvalue weighted by Crippen LogP contribution is 2.23. The first kappa shape index (κ1) is 9.30.